The minimum absolute atomic E-state index is 0.0511. The van der Waals surface area contributed by atoms with Crippen LogP contribution in [0, 0.1) is 0 Å². The second-order valence-electron chi connectivity index (χ2n) is 6.16. The highest BCUT2D eigenvalue weighted by molar-refractivity contribution is 6.35. The van der Waals surface area contributed by atoms with Crippen LogP contribution < -0.4 is 5.69 Å². The van der Waals surface area contributed by atoms with Gasteiger partial charge < -0.3 is 0 Å². The van der Waals surface area contributed by atoms with Gasteiger partial charge in [-0.05, 0) is 26.3 Å². The summed E-state index contributed by atoms with van der Waals surface area (Å²) in [6.07, 6.45) is 5.33. The third-order valence-electron chi connectivity index (χ3n) is 4.56. The van der Waals surface area contributed by atoms with Gasteiger partial charge in [-0.2, -0.15) is 5.10 Å². The van der Waals surface area contributed by atoms with Crippen LogP contribution in [0.4, 0.5) is 0 Å². The van der Waals surface area contributed by atoms with E-state index in [9.17, 15) is 4.79 Å². The molecule has 1 aliphatic rings. The Morgan fingerprint density at radius 3 is 2.67 bits per heavy atom. The first-order chi connectivity index (χ1) is 11.5. The molecule has 0 spiro atoms. The number of pyridine rings is 1. The molecule has 3 rings (SSSR count). The van der Waals surface area contributed by atoms with Crippen LogP contribution in [0.3, 0.4) is 0 Å². The van der Waals surface area contributed by atoms with Crippen LogP contribution in [0.25, 0.3) is 0 Å². The number of hydrogen-bond donors (Lipinski definition) is 0. The molecule has 130 valence electrons. The van der Waals surface area contributed by atoms with Crippen molar-refractivity contribution in [1.82, 2.24) is 24.2 Å². The summed E-state index contributed by atoms with van der Waals surface area (Å²) in [5.41, 5.74) is 0.854. The number of rotatable bonds is 4. The summed E-state index contributed by atoms with van der Waals surface area (Å²) in [7, 11) is 1.70. The number of hydrogen-bond acceptors (Lipinski definition) is 4. The number of nitrogens with zero attached hydrogens (tertiary/aromatic N) is 5. The molecule has 6 nitrogen and oxygen atoms in total. The average Bonchev–Trinajstić information content (AvgIpc) is 2.86. The zero-order chi connectivity index (χ0) is 17.3. The fraction of sp³-hybridized carbons (Fsp3) is 0.562. The van der Waals surface area contributed by atoms with Crippen molar-refractivity contribution >= 4 is 23.2 Å². The standard InChI is InChI=1S/C16H21Cl2N5O/c1-3-23-15(20-21(2)16(23)24)11-5-4-6-22(9-11)10-12-13(17)7-19-8-14(12)18/h7-8,11H,3-6,9-10H2,1-2H3/t11-/m0/s1. The van der Waals surface area contributed by atoms with Gasteiger partial charge in [0.2, 0.25) is 0 Å². The van der Waals surface area contributed by atoms with Crippen molar-refractivity contribution in [3.8, 4) is 0 Å². The molecule has 2 aromatic rings. The molecule has 24 heavy (non-hydrogen) atoms. The average molecular weight is 370 g/mol. The van der Waals surface area contributed by atoms with Crippen LogP contribution in [0.1, 0.15) is 37.1 Å². The van der Waals surface area contributed by atoms with E-state index in [1.807, 2.05) is 6.92 Å². The topological polar surface area (TPSA) is 56.0 Å². The maximum atomic E-state index is 12.1. The van der Waals surface area contributed by atoms with Crippen LogP contribution in [0.15, 0.2) is 17.2 Å². The van der Waals surface area contributed by atoms with Crippen LogP contribution in [-0.4, -0.2) is 37.3 Å². The van der Waals surface area contributed by atoms with Gasteiger partial charge in [0, 0.05) is 50.6 Å². The number of aryl methyl sites for hydroxylation is 1. The third-order valence-corrected chi connectivity index (χ3v) is 5.21. The Morgan fingerprint density at radius 1 is 1.29 bits per heavy atom. The summed E-state index contributed by atoms with van der Waals surface area (Å²) >= 11 is 12.5. The first-order valence-electron chi connectivity index (χ1n) is 8.15. The van der Waals surface area contributed by atoms with Gasteiger partial charge in [0.05, 0.1) is 10.0 Å². The van der Waals surface area contributed by atoms with Crippen LogP contribution in [0.2, 0.25) is 10.0 Å². The van der Waals surface area contributed by atoms with Gasteiger partial charge in [0.25, 0.3) is 0 Å². The van der Waals surface area contributed by atoms with E-state index in [4.69, 9.17) is 23.2 Å². The van der Waals surface area contributed by atoms with Crippen LogP contribution in [0.5, 0.6) is 0 Å². The molecule has 0 saturated carbocycles. The smallest absolute Gasteiger partial charge is 0.298 e. The molecule has 0 aromatic carbocycles. The monoisotopic (exact) mass is 369 g/mol. The molecule has 0 bridgehead atoms. The molecule has 0 unspecified atom stereocenters. The molecule has 0 radical (unpaired) electrons. The minimum Gasteiger partial charge on any atom is -0.298 e. The lowest BCUT2D eigenvalue weighted by Gasteiger charge is -2.32. The number of likely N-dealkylation sites (tertiary alicyclic amines) is 1. The molecule has 2 aromatic heterocycles. The fourth-order valence-electron chi connectivity index (χ4n) is 3.35. The number of aromatic nitrogens is 4. The summed E-state index contributed by atoms with van der Waals surface area (Å²) in [5.74, 6) is 1.12. The summed E-state index contributed by atoms with van der Waals surface area (Å²) in [6, 6.07) is 0. The first kappa shape index (κ1) is 17.5. The van der Waals surface area contributed by atoms with Gasteiger partial charge in [0.1, 0.15) is 5.82 Å². The molecular weight excluding hydrogens is 349 g/mol. The Balaban J connectivity index is 1.80. The quantitative estimate of drug-likeness (QED) is 0.831. The Hall–Kier alpha value is -1.37. The molecule has 0 aliphatic carbocycles. The normalized spacial score (nSPS) is 18.9. The molecule has 0 amide bonds. The lowest BCUT2D eigenvalue weighted by atomic mass is 9.96. The summed E-state index contributed by atoms with van der Waals surface area (Å²) in [4.78, 5) is 18.5. The van der Waals surface area contributed by atoms with E-state index in [0.717, 1.165) is 37.3 Å². The molecule has 3 heterocycles. The van der Waals surface area contributed by atoms with E-state index < -0.39 is 0 Å². The van der Waals surface area contributed by atoms with Crippen LogP contribution >= 0.6 is 23.2 Å². The first-order valence-corrected chi connectivity index (χ1v) is 8.90. The van der Waals surface area contributed by atoms with E-state index in [2.05, 4.69) is 15.0 Å². The van der Waals surface area contributed by atoms with Crippen molar-refractivity contribution in [1.29, 1.82) is 0 Å². The van der Waals surface area contributed by atoms with Gasteiger partial charge in [-0.3, -0.25) is 14.5 Å². The zero-order valence-corrected chi connectivity index (χ0v) is 15.4. The van der Waals surface area contributed by atoms with Gasteiger partial charge in [0.15, 0.2) is 0 Å². The minimum atomic E-state index is -0.0511. The molecule has 1 atom stereocenters. The second kappa shape index (κ2) is 7.25. The van der Waals surface area contributed by atoms with Crippen molar-refractivity contribution in [2.75, 3.05) is 13.1 Å². The third kappa shape index (κ3) is 3.36. The molecular formula is C16H21Cl2N5O. The van der Waals surface area contributed by atoms with E-state index >= 15 is 0 Å². The van der Waals surface area contributed by atoms with Gasteiger partial charge in [-0.1, -0.05) is 23.2 Å². The maximum absolute atomic E-state index is 12.1. The zero-order valence-electron chi connectivity index (χ0n) is 13.9. The lowest BCUT2D eigenvalue weighted by Crippen LogP contribution is -2.35. The Bertz CT molecular complexity index is 765. The largest absolute Gasteiger partial charge is 0.345 e. The fourth-order valence-corrected chi connectivity index (χ4v) is 3.83. The van der Waals surface area contributed by atoms with Crippen LogP contribution in [-0.2, 0) is 20.1 Å². The van der Waals surface area contributed by atoms with Crippen molar-refractivity contribution in [3.63, 3.8) is 0 Å². The predicted octanol–water partition coefficient (Wildman–Crippen LogP) is 2.68. The highest BCUT2D eigenvalue weighted by atomic mass is 35.5. The van der Waals surface area contributed by atoms with Crippen molar-refractivity contribution in [2.45, 2.75) is 38.8 Å². The molecule has 1 aliphatic heterocycles. The van der Waals surface area contributed by atoms with Gasteiger partial charge in [-0.15, -0.1) is 0 Å². The molecule has 0 N–H and O–H groups in total. The lowest BCUT2D eigenvalue weighted by molar-refractivity contribution is 0.194. The summed E-state index contributed by atoms with van der Waals surface area (Å²) < 4.78 is 3.19. The van der Waals surface area contributed by atoms with Crippen molar-refractivity contribution in [2.24, 2.45) is 7.05 Å². The van der Waals surface area contributed by atoms with E-state index in [1.54, 1.807) is 24.0 Å². The highest BCUT2D eigenvalue weighted by Gasteiger charge is 2.27. The number of piperidine rings is 1. The highest BCUT2D eigenvalue weighted by Crippen LogP contribution is 2.29. The Kier molecular flexibility index (Phi) is 5.27. The molecule has 1 fully saturated rings. The Morgan fingerprint density at radius 2 is 2.00 bits per heavy atom. The summed E-state index contributed by atoms with van der Waals surface area (Å²) in [5, 5.41) is 5.64. The van der Waals surface area contributed by atoms with Crippen molar-refractivity contribution in [3.05, 3.63) is 44.3 Å². The molecule has 8 heteroatoms. The van der Waals surface area contributed by atoms with Gasteiger partial charge in [-0.25, -0.2) is 9.48 Å². The van der Waals surface area contributed by atoms with E-state index in [-0.39, 0.29) is 11.6 Å². The predicted molar refractivity (Wildman–Crippen MR) is 94.7 cm³/mol. The Labute approximate surface area is 151 Å². The maximum Gasteiger partial charge on any atom is 0.345 e. The van der Waals surface area contributed by atoms with E-state index in [0.29, 0.717) is 23.1 Å². The SMILES string of the molecule is CCn1c([C@H]2CCCN(Cc3c(Cl)cncc3Cl)C2)nn(C)c1=O. The molecule has 1 saturated heterocycles. The van der Waals surface area contributed by atoms with Crippen molar-refractivity contribution < 1.29 is 0 Å². The second-order valence-corrected chi connectivity index (χ2v) is 6.98. The van der Waals surface area contributed by atoms with Gasteiger partial charge >= 0.3 is 5.69 Å². The van der Waals surface area contributed by atoms with E-state index in [1.165, 1.54) is 4.68 Å². The number of halogens is 2. The summed E-state index contributed by atoms with van der Waals surface area (Å²) in [6.45, 7) is 5.12.